The Labute approximate surface area is 191 Å². The first-order valence-electron chi connectivity index (χ1n) is 10.4. The van der Waals surface area contributed by atoms with Crippen LogP contribution in [0, 0.1) is 5.41 Å². The zero-order chi connectivity index (χ0) is 23.3. The lowest BCUT2D eigenvalue weighted by molar-refractivity contribution is -0.118. The van der Waals surface area contributed by atoms with Gasteiger partial charge < -0.3 is 26.1 Å². The Hall–Kier alpha value is -3.27. The molecule has 1 aliphatic rings. The third-order valence-electron chi connectivity index (χ3n) is 5.38. The van der Waals surface area contributed by atoms with Gasteiger partial charge in [-0.2, -0.15) is 4.98 Å². The van der Waals surface area contributed by atoms with Gasteiger partial charge in [0.1, 0.15) is 28.5 Å². The lowest BCUT2D eigenvalue weighted by atomic mass is 9.97. The van der Waals surface area contributed by atoms with Crippen molar-refractivity contribution in [2.45, 2.75) is 45.6 Å². The van der Waals surface area contributed by atoms with Crippen LogP contribution in [0.3, 0.4) is 0 Å². The molecule has 1 aliphatic carbocycles. The number of ether oxygens (including phenoxy) is 1. The maximum Gasteiger partial charge on any atom is 0.239 e. The van der Waals surface area contributed by atoms with Crippen molar-refractivity contribution in [1.29, 1.82) is 5.41 Å². The van der Waals surface area contributed by atoms with E-state index in [0.29, 0.717) is 23.2 Å². The Balaban J connectivity index is 0.000000360. The summed E-state index contributed by atoms with van der Waals surface area (Å²) in [5.74, 6) is 1.38. The third kappa shape index (κ3) is 4.96. The molecule has 10 heteroatoms. The van der Waals surface area contributed by atoms with Crippen LogP contribution in [-0.4, -0.2) is 52.7 Å². The van der Waals surface area contributed by atoms with E-state index in [1.165, 1.54) is 29.5 Å². The van der Waals surface area contributed by atoms with Gasteiger partial charge in [0.2, 0.25) is 12.3 Å². The minimum Gasteiger partial charge on any atom is -0.479 e. The first-order valence-corrected chi connectivity index (χ1v) is 11.3. The summed E-state index contributed by atoms with van der Waals surface area (Å²) >= 11 is 1.75. The van der Waals surface area contributed by atoms with Gasteiger partial charge in [0.15, 0.2) is 0 Å². The normalized spacial score (nSPS) is 12.5. The molecule has 0 atom stereocenters. The minimum atomic E-state index is 0.262. The molecule has 0 bridgehead atoms. The number of pyridine rings is 1. The number of rotatable bonds is 6. The molecule has 3 aromatic rings. The van der Waals surface area contributed by atoms with Crippen molar-refractivity contribution < 1.29 is 9.53 Å². The van der Waals surface area contributed by atoms with Crippen molar-refractivity contribution in [3.63, 3.8) is 0 Å². The molecule has 0 saturated heterocycles. The molecule has 1 amide bonds. The van der Waals surface area contributed by atoms with Gasteiger partial charge in [0.25, 0.3) is 0 Å². The molecule has 0 unspecified atom stereocenters. The molecule has 0 spiro atoms. The van der Waals surface area contributed by atoms with E-state index in [0.717, 1.165) is 35.3 Å². The van der Waals surface area contributed by atoms with Crippen molar-refractivity contribution in [2.24, 2.45) is 0 Å². The number of hydrogen-bond donors (Lipinski definition) is 3. The molecule has 9 nitrogen and oxygen atoms in total. The monoisotopic (exact) mass is 455 g/mol. The van der Waals surface area contributed by atoms with E-state index >= 15 is 0 Å². The smallest absolute Gasteiger partial charge is 0.239 e. The molecule has 3 heterocycles. The van der Waals surface area contributed by atoms with E-state index in [2.05, 4.69) is 20.3 Å². The van der Waals surface area contributed by atoms with Crippen LogP contribution in [0.4, 0.5) is 17.3 Å². The van der Waals surface area contributed by atoms with Crippen molar-refractivity contribution in [1.82, 2.24) is 19.9 Å². The Morgan fingerprint density at radius 3 is 2.69 bits per heavy atom. The number of nitrogens with zero attached hydrogens (tertiary/aromatic N) is 4. The molecular weight excluding hydrogens is 426 g/mol. The van der Waals surface area contributed by atoms with Crippen LogP contribution < -0.4 is 15.8 Å². The Morgan fingerprint density at radius 1 is 1.31 bits per heavy atom. The summed E-state index contributed by atoms with van der Waals surface area (Å²) in [4.78, 5) is 27.0. The highest BCUT2D eigenvalue weighted by Crippen LogP contribution is 2.39. The van der Waals surface area contributed by atoms with Crippen LogP contribution in [-0.2, 0) is 17.6 Å². The van der Waals surface area contributed by atoms with Gasteiger partial charge in [-0.05, 0) is 51.2 Å². The summed E-state index contributed by atoms with van der Waals surface area (Å²) in [6.07, 6.45) is 8.16. The summed E-state index contributed by atoms with van der Waals surface area (Å²) in [6, 6.07) is 2.08. The highest BCUT2D eigenvalue weighted by molar-refractivity contribution is 7.19. The number of anilines is 3. The number of thiophene rings is 1. The predicted octanol–water partition coefficient (Wildman–Crippen LogP) is 3.78. The van der Waals surface area contributed by atoms with Gasteiger partial charge in [-0.3, -0.25) is 4.79 Å². The first kappa shape index (κ1) is 23.4. The molecule has 3 aromatic heterocycles. The van der Waals surface area contributed by atoms with Gasteiger partial charge >= 0.3 is 0 Å². The number of nitrogens with one attached hydrogen (secondary N) is 2. The second kappa shape index (κ2) is 10.4. The number of nitrogens with two attached hydrogens (primary N) is 1. The van der Waals surface area contributed by atoms with Gasteiger partial charge in [0.05, 0.1) is 12.5 Å². The van der Waals surface area contributed by atoms with Crippen LogP contribution in [0.2, 0.25) is 0 Å². The SMILES string of the molecule is CC(C)N(C)C=O.COc1nc(N)c(C=N)cc1Nc1ncnc2sc3c(c12)CCCC3. The number of nitrogen functional groups attached to an aromatic ring is 1. The van der Waals surface area contributed by atoms with E-state index in [4.69, 9.17) is 15.9 Å². The average Bonchev–Trinajstić information content (AvgIpc) is 3.19. The summed E-state index contributed by atoms with van der Waals surface area (Å²) in [7, 11) is 3.30. The summed E-state index contributed by atoms with van der Waals surface area (Å²) in [5.41, 5.74) is 8.35. The van der Waals surface area contributed by atoms with E-state index in [-0.39, 0.29) is 5.82 Å². The van der Waals surface area contributed by atoms with Crippen LogP contribution in [0.1, 0.15) is 42.7 Å². The fourth-order valence-corrected chi connectivity index (χ4v) is 4.55. The van der Waals surface area contributed by atoms with Crippen molar-refractivity contribution in [3.05, 3.63) is 28.4 Å². The number of methoxy groups -OCH3 is 1. The number of aromatic nitrogens is 3. The zero-order valence-corrected chi connectivity index (χ0v) is 19.6. The van der Waals surface area contributed by atoms with Crippen molar-refractivity contribution >= 4 is 51.5 Å². The van der Waals surface area contributed by atoms with E-state index in [1.807, 2.05) is 13.8 Å². The van der Waals surface area contributed by atoms with E-state index in [9.17, 15) is 4.79 Å². The minimum absolute atomic E-state index is 0.262. The highest BCUT2D eigenvalue weighted by atomic mass is 32.1. The summed E-state index contributed by atoms with van der Waals surface area (Å²) < 4.78 is 5.33. The fraction of sp³-hybridized carbons (Fsp3) is 0.409. The average molecular weight is 456 g/mol. The topological polar surface area (TPSA) is 130 Å². The first-order chi connectivity index (χ1) is 15.4. The van der Waals surface area contributed by atoms with Gasteiger partial charge in [-0.15, -0.1) is 11.3 Å². The largest absolute Gasteiger partial charge is 0.479 e. The maximum absolute atomic E-state index is 9.87. The lowest BCUT2D eigenvalue weighted by Crippen LogP contribution is -2.23. The quantitative estimate of drug-likeness (QED) is 0.381. The number of amides is 1. The van der Waals surface area contributed by atoms with Crippen LogP contribution in [0.25, 0.3) is 10.2 Å². The fourth-order valence-electron chi connectivity index (χ4n) is 3.32. The zero-order valence-electron chi connectivity index (χ0n) is 18.8. The number of carbonyl (C=O) groups excluding carboxylic acids is 1. The molecule has 0 aliphatic heterocycles. The predicted molar refractivity (Wildman–Crippen MR) is 129 cm³/mol. The maximum atomic E-state index is 9.87. The summed E-state index contributed by atoms with van der Waals surface area (Å²) in [5, 5.41) is 11.9. The van der Waals surface area contributed by atoms with Gasteiger partial charge in [0, 0.05) is 29.7 Å². The molecule has 0 saturated carbocycles. The lowest BCUT2D eigenvalue weighted by Gasteiger charge is -2.14. The van der Waals surface area contributed by atoms with Crippen LogP contribution in [0.5, 0.6) is 5.88 Å². The standard InChI is InChI=1S/C17H18N6OS.C5H11NO/c1-24-16-11(6-9(7-18)14(19)23-16)22-15-13-10-4-2-3-5-12(10)25-17(13)21-8-20-15;1-5(2)6(3)4-7/h6-8,18H,2-5H2,1H3,(H2,19,23)(H,20,21,22);4-5H,1-3H3. The molecule has 4 N–H and O–H groups in total. The second-order valence-electron chi connectivity index (χ2n) is 7.77. The molecule has 0 fully saturated rings. The summed E-state index contributed by atoms with van der Waals surface area (Å²) in [6.45, 7) is 3.93. The second-order valence-corrected chi connectivity index (χ2v) is 8.85. The van der Waals surface area contributed by atoms with Gasteiger partial charge in [-0.25, -0.2) is 9.97 Å². The van der Waals surface area contributed by atoms with E-state index in [1.54, 1.807) is 42.8 Å². The van der Waals surface area contributed by atoms with Crippen LogP contribution >= 0.6 is 11.3 Å². The molecule has 170 valence electrons. The van der Waals surface area contributed by atoms with E-state index < -0.39 is 0 Å². The number of carbonyl (C=O) groups is 1. The molecule has 0 radical (unpaired) electrons. The highest BCUT2D eigenvalue weighted by Gasteiger charge is 2.21. The molecule has 4 rings (SSSR count). The van der Waals surface area contributed by atoms with Crippen molar-refractivity contribution in [3.8, 4) is 5.88 Å². The number of aryl methyl sites for hydroxylation is 2. The molecular formula is C22H29N7O2S. The molecule has 0 aromatic carbocycles. The Morgan fingerprint density at radius 2 is 2.06 bits per heavy atom. The van der Waals surface area contributed by atoms with Crippen molar-refractivity contribution in [2.75, 3.05) is 25.2 Å². The number of fused-ring (bicyclic) bond motifs is 3. The Kier molecular flexibility index (Phi) is 7.57. The van der Waals surface area contributed by atoms with Gasteiger partial charge in [-0.1, -0.05) is 0 Å². The third-order valence-corrected chi connectivity index (χ3v) is 6.58. The Bertz CT molecular complexity index is 1110. The molecule has 32 heavy (non-hydrogen) atoms. The van der Waals surface area contributed by atoms with Crippen LogP contribution in [0.15, 0.2) is 12.4 Å². The number of hydrogen-bond acceptors (Lipinski definition) is 9.